The number of benzene rings is 5. The lowest BCUT2D eigenvalue weighted by Gasteiger charge is -2.37. The van der Waals surface area contributed by atoms with Gasteiger partial charge in [-0.25, -0.2) is 4.79 Å². The van der Waals surface area contributed by atoms with Crippen LogP contribution in [-0.2, 0) is 19.7 Å². The molecule has 5 aromatic rings. The SMILES string of the molecule is O=C(OC(c1ccccc1)c1ccccc1)[C@@H]1[C@H](C(=O)c2ccccc2)[C@]2(C(=O)Nc3ccccc32)[C@@H]2C=Cc3ccccc3N12. The van der Waals surface area contributed by atoms with E-state index in [1.165, 1.54) is 0 Å². The van der Waals surface area contributed by atoms with Crippen molar-refractivity contribution in [1.29, 1.82) is 0 Å². The van der Waals surface area contributed by atoms with Gasteiger partial charge in [0.25, 0.3) is 0 Å². The summed E-state index contributed by atoms with van der Waals surface area (Å²) in [6, 6.07) is 41.6. The average Bonchev–Trinajstić information content (AvgIpc) is 3.60. The average molecular weight is 603 g/mol. The Morgan fingerprint density at radius 2 is 1.30 bits per heavy atom. The van der Waals surface area contributed by atoms with Crippen molar-refractivity contribution in [3.8, 4) is 0 Å². The van der Waals surface area contributed by atoms with Crippen LogP contribution in [-0.4, -0.2) is 29.7 Å². The standard InChI is InChI=1S/C40H30N2O4/c43-36(27-15-4-1-5-16-27)34-35(38(44)46-37(28-17-6-2-7-18-28)29-19-8-3-9-20-29)42-32-23-13-10-14-26(32)24-25-33(42)40(34)30-21-11-12-22-31(30)41-39(40)45/h1-25,33-35,37H,(H,41,45)/t33-,34+,35-,40+/m0/s1. The molecule has 0 aliphatic carbocycles. The molecule has 46 heavy (non-hydrogen) atoms. The van der Waals surface area contributed by atoms with Crippen LogP contribution >= 0.6 is 0 Å². The maximum absolute atomic E-state index is 15.0. The highest BCUT2D eigenvalue weighted by Gasteiger charge is 2.71. The molecular formula is C40H30N2O4. The summed E-state index contributed by atoms with van der Waals surface area (Å²) in [5.74, 6) is -2.26. The van der Waals surface area contributed by atoms with Crippen molar-refractivity contribution in [2.45, 2.75) is 23.6 Å². The molecule has 6 nitrogen and oxygen atoms in total. The van der Waals surface area contributed by atoms with E-state index in [2.05, 4.69) is 5.32 Å². The fourth-order valence-electron chi connectivity index (χ4n) is 7.64. The van der Waals surface area contributed by atoms with Crippen LogP contribution in [0.5, 0.6) is 0 Å². The Morgan fingerprint density at radius 1 is 0.717 bits per heavy atom. The van der Waals surface area contributed by atoms with Crippen molar-refractivity contribution in [3.63, 3.8) is 0 Å². The van der Waals surface area contributed by atoms with Crippen molar-refractivity contribution < 1.29 is 19.1 Å². The van der Waals surface area contributed by atoms with E-state index in [1.54, 1.807) is 24.3 Å². The third-order valence-electron chi connectivity index (χ3n) is 9.56. The lowest BCUT2D eigenvalue weighted by Crippen LogP contribution is -2.51. The number of esters is 1. The molecule has 3 heterocycles. The van der Waals surface area contributed by atoms with Gasteiger partial charge in [-0.3, -0.25) is 9.59 Å². The summed E-state index contributed by atoms with van der Waals surface area (Å²) in [4.78, 5) is 46.4. The van der Waals surface area contributed by atoms with E-state index in [4.69, 9.17) is 4.74 Å². The van der Waals surface area contributed by atoms with Crippen molar-refractivity contribution in [1.82, 2.24) is 0 Å². The summed E-state index contributed by atoms with van der Waals surface area (Å²) in [7, 11) is 0. The van der Waals surface area contributed by atoms with Gasteiger partial charge >= 0.3 is 5.97 Å². The molecule has 0 saturated carbocycles. The highest BCUT2D eigenvalue weighted by atomic mass is 16.5. The smallest absolute Gasteiger partial charge is 0.330 e. The molecule has 8 rings (SSSR count). The molecule has 6 heteroatoms. The van der Waals surface area contributed by atoms with E-state index >= 15 is 4.79 Å². The Kier molecular flexibility index (Phi) is 6.64. The van der Waals surface area contributed by atoms with Crippen LogP contribution in [0.25, 0.3) is 6.08 Å². The van der Waals surface area contributed by atoms with Crippen LogP contribution in [0.2, 0.25) is 0 Å². The molecule has 1 amide bonds. The number of Topliss-reactive ketones (excluding diaryl/α,β-unsaturated/α-hetero) is 1. The van der Waals surface area contributed by atoms with Gasteiger partial charge in [-0.2, -0.15) is 0 Å². The number of ketones is 1. The number of carbonyl (C=O) groups is 3. The van der Waals surface area contributed by atoms with E-state index in [0.29, 0.717) is 16.8 Å². The zero-order valence-corrected chi connectivity index (χ0v) is 24.8. The van der Waals surface area contributed by atoms with Crippen LogP contribution in [0.3, 0.4) is 0 Å². The monoisotopic (exact) mass is 602 g/mol. The Labute approximate surface area is 267 Å². The third-order valence-corrected chi connectivity index (χ3v) is 9.56. The molecule has 5 aromatic carbocycles. The van der Waals surface area contributed by atoms with Gasteiger partial charge in [0.2, 0.25) is 5.91 Å². The molecule has 1 spiro atoms. The van der Waals surface area contributed by atoms with Crippen LogP contribution in [0, 0.1) is 5.92 Å². The van der Waals surface area contributed by atoms with Crippen molar-refractivity contribution >= 4 is 35.1 Å². The van der Waals surface area contributed by atoms with E-state index in [1.807, 2.05) is 132 Å². The second kappa shape index (κ2) is 11.0. The maximum Gasteiger partial charge on any atom is 0.330 e. The minimum absolute atomic E-state index is 0.286. The summed E-state index contributed by atoms with van der Waals surface area (Å²) in [5.41, 5.74) is 3.66. The first kappa shape index (κ1) is 27.8. The fraction of sp³-hybridized carbons (Fsp3) is 0.125. The van der Waals surface area contributed by atoms with E-state index in [-0.39, 0.29) is 11.7 Å². The number of anilines is 2. The second-order valence-electron chi connectivity index (χ2n) is 11.9. The highest BCUT2D eigenvalue weighted by Crippen LogP contribution is 2.58. The van der Waals surface area contributed by atoms with Crippen LogP contribution in [0.15, 0.2) is 146 Å². The first-order valence-corrected chi connectivity index (χ1v) is 15.4. The number of para-hydroxylation sites is 2. The number of nitrogens with one attached hydrogen (secondary N) is 1. The number of hydrogen-bond acceptors (Lipinski definition) is 5. The lowest BCUT2D eigenvalue weighted by molar-refractivity contribution is -0.150. The summed E-state index contributed by atoms with van der Waals surface area (Å²) in [6.07, 6.45) is 3.23. The molecule has 0 unspecified atom stereocenters. The maximum atomic E-state index is 15.0. The first-order chi connectivity index (χ1) is 22.6. The number of ether oxygens (including phenoxy) is 1. The fourth-order valence-corrected chi connectivity index (χ4v) is 7.64. The summed E-state index contributed by atoms with van der Waals surface area (Å²) >= 11 is 0. The van der Waals surface area contributed by atoms with Gasteiger partial charge in [-0.05, 0) is 34.4 Å². The lowest BCUT2D eigenvalue weighted by atomic mass is 9.64. The number of rotatable bonds is 6. The van der Waals surface area contributed by atoms with Gasteiger partial charge in [0.1, 0.15) is 11.5 Å². The molecule has 224 valence electrons. The second-order valence-corrected chi connectivity index (χ2v) is 11.9. The van der Waals surface area contributed by atoms with Gasteiger partial charge in [0, 0.05) is 16.9 Å². The molecule has 1 fully saturated rings. The van der Waals surface area contributed by atoms with Crippen molar-refractivity contribution in [2.24, 2.45) is 5.92 Å². The van der Waals surface area contributed by atoms with Crippen LogP contribution < -0.4 is 10.2 Å². The normalized spacial score (nSPS) is 22.2. The minimum Gasteiger partial charge on any atom is -0.451 e. The molecule has 3 aliphatic heterocycles. The van der Waals surface area contributed by atoms with E-state index < -0.39 is 35.5 Å². The van der Waals surface area contributed by atoms with Gasteiger partial charge in [-0.1, -0.05) is 140 Å². The van der Waals surface area contributed by atoms with Crippen molar-refractivity contribution in [3.05, 3.63) is 173 Å². The van der Waals surface area contributed by atoms with Gasteiger partial charge in [-0.15, -0.1) is 0 Å². The Bertz CT molecular complexity index is 1950. The molecule has 0 bridgehead atoms. The topological polar surface area (TPSA) is 75.7 Å². The number of carbonyl (C=O) groups excluding carboxylic acids is 3. The zero-order valence-electron chi connectivity index (χ0n) is 24.8. The quantitative estimate of drug-likeness (QED) is 0.168. The summed E-state index contributed by atoms with van der Waals surface area (Å²) < 4.78 is 6.52. The largest absolute Gasteiger partial charge is 0.451 e. The van der Waals surface area contributed by atoms with Gasteiger partial charge in [0.15, 0.2) is 11.9 Å². The van der Waals surface area contributed by atoms with Crippen LogP contribution in [0.4, 0.5) is 11.4 Å². The minimum atomic E-state index is -1.40. The summed E-state index contributed by atoms with van der Waals surface area (Å²) in [6.45, 7) is 0. The molecule has 4 atom stereocenters. The molecule has 1 saturated heterocycles. The van der Waals surface area contributed by atoms with Crippen LogP contribution in [0.1, 0.15) is 38.7 Å². The van der Waals surface area contributed by atoms with Crippen molar-refractivity contribution in [2.75, 3.05) is 10.2 Å². The highest BCUT2D eigenvalue weighted by molar-refractivity contribution is 6.16. The Hall–Kier alpha value is -5.75. The van der Waals surface area contributed by atoms with Gasteiger partial charge < -0.3 is 15.0 Å². The zero-order chi connectivity index (χ0) is 31.3. The Balaban J connectivity index is 1.35. The number of fused-ring (bicyclic) bond motifs is 6. The Morgan fingerprint density at radius 3 is 2.00 bits per heavy atom. The molecular weight excluding hydrogens is 572 g/mol. The van der Waals surface area contributed by atoms with Gasteiger partial charge in [0.05, 0.1) is 12.0 Å². The van der Waals surface area contributed by atoms with E-state index in [9.17, 15) is 9.59 Å². The number of amides is 1. The molecule has 3 aliphatic rings. The predicted molar refractivity (Wildman–Crippen MR) is 177 cm³/mol. The molecule has 0 radical (unpaired) electrons. The van der Waals surface area contributed by atoms with E-state index in [0.717, 1.165) is 22.4 Å². The first-order valence-electron chi connectivity index (χ1n) is 15.4. The molecule has 0 aromatic heterocycles. The molecule has 1 N–H and O–H groups in total. The number of hydrogen-bond donors (Lipinski definition) is 1. The third kappa shape index (κ3) is 4.14. The predicted octanol–water partition coefficient (Wildman–Crippen LogP) is 6.99. The summed E-state index contributed by atoms with van der Waals surface area (Å²) in [5, 5.41) is 3.07. The number of nitrogens with zero attached hydrogens (tertiary/aromatic N) is 1.